The van der Waals surface area contributed by atoms with Gasteiger partial charge in [-0.25, -0.2) is 9.97 Å². The van der Waals surface area contributed by atoms with Gasteiger partial charge in [-0.1, -0.05) is 23.2 Å². The van der Waals surface area contributed by atoms with Crippen molar-refractivity contribution in [2.75, 3.05) is 0 Å². The van der Waals surface area contributed by atoms with E-state index in [0.717, 1.165) is 0 Å². The summed E-state index contributed by atoms with van der Waals surface area (Å²) < 4.78 is 0. The van der Waals surface area contributed by atoms with Crippen molar-refractivity contribution in [3.05, 3.63) is 38.8 Å². The first kappa shape index (κ1) is 10.1. The molecule has 5 nitrogen and oxygen atoms in total. The van der Waals surface area contributed by atoms with Gasteiger partial charge in [-0.05, 0) is 6.07 Å². The molecule has 0 aliphatic rings. The van der Waals surface area contributed by atoms with E-state index in [9.17, 15) is 10.1 Å². The van der Waals surface area contributed by atoms with E-state index in [1.165, 1.54) is 18.5 Å². The van der Waals surface area contributed by atoms with Gasteiger partial charge in [0.05, 0.1) is 15.8 Å². The molecule has 0 saturated carbocycles. The molecule has 0 amide bonds. The molecule has 0 fully saturated rings. The Morgan fingerprint density at radius 3 is 2.67 bits per heavy atom. The molecule has 0 radical (unpaired) electrons. The average Bonchev–Trinajstić information content (AvgIpc) is 2.17. The average molecular weight is 244 g/mol. The van der Waals surface area contributed by atoms with E-state index in [4.69, 9.17) is 23.2 Å². The molecular weight excluding hydrogens is 241 g/mol. The molecule has 15 heavy (non-hydrogen) atoms. The quantitative estimate of drug-likeness (QED) is 0.439. The molecule has 1 heterocycles. The van der Waals surface area contributed by atoms with E-state index >= 15 is 0 Å². The highest BCUT2D eigenvalue weighted by molar-refractivity contribution is 6.42. The lowest BCUT2D eigenvalue weighted by Crippen LogP contribution is -1.92. The van der Waals surface area contributed by atoms with E-state index in [2.05, 4.69) is 9.97 Å². The van der Waals surface area contributed by atoms with Crippen molar-refractivity contribution in [3.8, 4) is 0 Å². The van der Waals surface area contributed by atoms with Crippen LogP contribution >= 0.6 is 23.2 Å². The van der Waals surface area contributed by atoms with Gasteiger partial charge in [0, 0.05) is 6.07 Å². The Balaban J connectivity index is 2.89. The highest BCUT2D eigenvalue weighted by Gasteiger charge is 2.17. The molecule has 1 aromatic carbocycles. The van der Waals surface area contributed by atoms with Gasteiger partial charge >= 0.3 is 0 Å². The van der Waals surface area contributed by atoms with Crippen LogP contribution in [0, 0.1) is 10.1 Å². The molecule has 0 N–H and O–H groups in total. The molecule has 7 heteroatoms. The Bertz CT molecular complexity index is 559. The van der Waals surface area contributed by atoms with Crippen LogP contribution in [0.3, 0.4) is 0 Å². The smallest absolute Gasteiger partial charge is 0.258 e. The van der Waals surface area contributed by atoms with Gasteiger partial charge < -0.3 is 0 Å². The van der Waals surface area contributed by atoms with Gasteiger partial charge in [-0.3, -0.25) is 10.1 Å². The van der Waals surface area contributed by atoms with Gasteiger partial charge in [-0.2, -0.15) is 0 Å². The van der Waals surface area contributed by atoms with Crippen molar-refractivity contribution in [1.29, 1.82) is 0 Å². The first-order chi connectivity index (χ1) is 7.11. The second kappa shape index (κ2) is 3.60. The first-order valence-electron chi connectivity index (χ1n) is 3.84. The summed E-state index contributed by atoms with van der Waals surface area (Å²) in [6, 6.07) is 2.76. The lowest BCUT2D eigenvalue weighted by Gasteiger charge is -2.01. The Morgan fingerprint density at radius 1 is 1.27 bits per heavy atom. The topological polar surface area (TPSA) is 68.9 Å². The molecule has 0 aliphatic carbocycles. The van der Waals surface area contributed by atoms with Gasteiger partial charge in [0.2, 0.25) is 0 Å². The predicted molar refractivity (Wildman–Crippen MR) is 56.2 cm³/mol. The third-order valence-corrected chi connectivity index (χ3v) is 2.54. The van der Waals surface area contributed by atoms with Crippen molar-refractivity contribution in [1.82, 2.24) is 9.97 Å². The summed E-state index contributed by atoms with van der Waals surface area (Å²) in [5, 5.41) is 11.0. The zero-order chi connectivity index (χ0) is 11.0. The number of nitro benzene ring substituents is 1. The Hall–Kier alpha value is -1.46. The molecule has 0 saturated heterocycles. The lowest BCUT2D eigenvalue weighted by molar-refractivity contribution is -0.384. The maximum atomic E-state index is 10.6. The van der Waals surface area contributed by atoms with Crippen LogP contribution in [0.2, 0.25) is 10.2 Å². The minimum atomic E-state index is -0.578. The number of aromatic nitrogens is 2. The summed E-state index contributed by atoms with van der Waals surface area (Å²) in [6.45, 7) is 0. The Labute approximate surface area is 93.8 Å². The van der Waals surface area contributed by atoms with Crippen LogP contribution in [0.1, 0.15) is 0 Å². The van der Waals surface area contributed by atoms with Crippen LogP contribution < -0.4 is 0 Å². The molecule has 2 aromatic rings. The van der Waals surface area contributed by atoms with Crippen LogP contribution in [0.15, 0.2) is 18.5 Å². The summed E-state index contributed by atoms with van der Waals surface area (Å²) in [5.74, 6) is 0. The third-order valence-electron chi connectivity index (χ3n) is 1.87. The number of hydrogen-bond donors (Lipinski definition) is 0. The highest BCUT2D eigenvalue weighted by atomic mass is 35.5. The Morgan fingerprint density at radius 2 is 2.00 bits per heavy atom. The maximum absolute atomic E-state index is 10.6. The molecule has 0 atom stereocenters. The fourth-order valence-electron chi connectivity index (χ4n) is 1.21. The molecule has 76 valence electrons. The summed E-state index contributed by atoms with van der Waals surface area (Å²) in [7, 11) is 0. The lowest BCUT2D eigenvalue weighted by atomic mass is 10.2. The van der Waals surface area contributed by atoms with E-state index in [0.29, 0.717) is 10.9 Å². The van der Waals surface area contributed by atoms with Gasteiger partial charge in [0.25, 0.3) is 5.69 Å². The molecule has 0 unspecified atom stereocenters. The zero-order valence-electron chi connectivity index (χ0n) is 7.15. The number of fused-ring (bicyclic) bond motifs is 1. The molecule has 0 aliphatic heterocycles. The van der Waals surface area contributed by atoms with Crippen LogP contribution in [-0.2, 0) is 0 Å². The van der Waals surface area contributed by atoms with Gasteiger partial charge in [0.1, 0.15) is 16.5 Å². The van der Waals surface area contributed by atoms with E-state index in [-0.39, 0.29) is 15.9 Å². The summed E-state index contributed by atoms with van der Waals surface area (Å²) in [4.78, 5) is 17.7. The third kappa shape index (κ3) is 1.60. The standard InChI is InChI=1S/C8H3Cl2N3O2/c9-7-5(13(14)15)2-1-4-6(7)8(10)12-3-11-4/h1-3H. The fraction of sp³-hybridized carbons (Fsp3) is 0. The monoisotopic (exact) mass is 243 g/mol. The molecule has 1 aromatic heterocycles. The van der Waals surface area contributed by atoms with Crippen molar-refractivity contribution < 1.29 is 4.92 Å². The summed E-state index contributed by atoms with van der Waals surface area (Å²) >= 11 is 11.6. The van der Waals surface area contributed by atoms with E-state index < -0.39 is 4.92 Å². The zero-order valence-corrected chi connectivity index (χ0v) is 8.66. The van der Waals surface area contributed by atoms with Crippen LogP contribution in [-0.4, -0.2) is 14.9 Å². The highest BCUT2D eigenvalue weighted by Crippen LogP contribution is 2.34. The minimum absolute atomic E-state index is 0.0388. The molecule has 0 spiro atoms. The van der Waals surface area contributed by atoms with Crippen LogP contribution in [0.25, 0.3) is 10.9 Å². The molecule has 2 rings (SSSR count). The normalized spacial score (nSPS) is 10.5. The largest absolute Gasteiger partial charge is 0.288 e. The second-order valence-corrected chi connectivity index (χ2v) is 3.45. The minimum Gasteiger partial charge on any atom is -0.258 e. The van der Waals surface area contributed by atoms with Crippen LogP contribution in [0.5, 0.6) is 0 Å². The number of nitrogens with zero attached hydrogens (tertiary/aromatic N) is 3. The number of halogens is 2. The number of benzene rings is 1. The summed E-state index contributed by atoms with van der Waals surface area (Å²) in [5.41, 5.74) is 0.270. The maximum Gasteiger partial charge on any atom is 0.288 e. The van der Waals surface area contributed by atoms with Gasteiger partial charge in [0.15, 0.2) is 0 Å². The van der Waals surface area contributed by atoms with E-state index in [1.54, 1.807) is 0 Å². The van der Waals surface area contributed by atoms with Crippen molar-refractivity contribution in [3.63, 3.8) is 0 Å². The molecule has 0 bridgehead atoms. The van der Waals surface area contributed by atoms with Gasteiger partial charge in [-0.15, -0.1) is 0 Å². The van der Waals surface area contributed by atoms with Crippen LogP contribution in [0.4, 0.5) is 5.69 Å². The second-order valence-electron chi connectivity index (χ2n) is 2.71. The Kier molecular flexibility index (Phi) is 2.42. The van der Waals surface area contributed by atoms with Crippen molar-refractivity contribution in [2.45, 2.75) is 0 Å². The number of hydrogen-bond acceptors (Lipinski definition) is 4. The fourth-order valence-corrected chi connectivity index (χ4v) is 1.81. The number of rotatable bonds is 1. The predicted octanol–water partition coefficient (Wildman–Crippen LogP) is 2.84. The number of nitro groups is 1. The summed E-state index contributed by atoms with van der Waals surface area (Å²) in [6.07, 6.45) is 1.27. The van der Waals surface area contributed by atoms with Crippen molar-refractivity contribution >= 4 is 39.8 Å². The van der Waals surface area contributed by atoms with E-state index in [1.807, 2.05) is 0 Å². The van der Waals surface area contributed by atoms with Crippen molar-refractivity contribution in [2.24, 2.45) is 0 Å². The molecular formula is C8H3Cl2N3O2. The first-order valence-corrected chi connectivity index (χ1v) is 4.60. The SMILES string of the molecule is O=[N+]([O-])c1ccc2ncnc(Cl)c2c1Cl.